The van der Waals surface area contributed by atoms with Crippen molar-refractivity contribution in [1.82, 2.24) is 4.98 Å². The lowest BCUT2D eigenvalue weighted by molar-refractivity contribution is 0.414. The highest BCUT2D eigenvalue weighted by Gasteiger charge is 2.14. The van der Waals surface area contributed by atoms with Crippen molar-refractivity contribution in [3.8, 4) is 5.75 Å². The SMILES string of the molecule is COc1ccc(C(N=O)c2ccc(N)nc2)cc1. The summed E-state index contributed by atoms with van der Waals surface area (Å²) in [5, 5.41) is 3.14. The summed E-state index contributed by atoms with van der Waals surface area (Å²) in [7, 11) is 1.59. The Balaban J connectivity index is 2.32. The minimum atomic E-state index is -0.580. The van der Waals surface area contributed by atoms with Gasteiger partial charge in [0.25, 0.3) is 0 Å². The van der Waals surface area contributed by atoms with Gasteiger partial charge in [0.05, 0.1) is 7.11 Å². The van der Waals surface area contributed by atoms with Gasteiger partial charge in [-0.2, -0.15) is 0 Å². The first kappa shape index (κ1) is 12.0. The number of hydrogen-bond donors (Lipinski definition) is 1. The Labute approximate surface area is 105 Å². The van der Waals surface area contributed by atoms with E-state index in [4.69, 9.17) is 10.5 Å². The normalized spacial score (nSPS) is 11.8. The summed E-state index contributed by atoms with van der Waals surface area (Å²) in [6, 6.07) is 10.0. The van der Waals surface area contributed by atoms with Crippen molar-refractivity contribution >= 4 is 5.82 Å². The van der Waals surface area contributed by atoms with Crippen LogP contribution in [-0.4, -0.2) is 12.1 Å². The third kappa shape index (κ3) is 2.45. The van der Waals surface area contributed by atoms with Crippen molar-refractivity contribution in [2.45, 2.75) is 6.04 Å². The number of rotatable bonds is 4. The van der Waals surface area contributed by atoms with Crippen LogP contribution in [0.3, 0.4) is 0 Å². The Bertz CT molecular complexity index is 523. The van der Waals surface area contributed by atoms with Crippen molar-refractivity contribution in [2.24, 2.45) is 5.18 Å². The average Bonchev–Trinajstić information content (AvgIpc) is 2.42. The number of methoxy groups -OCH3 is 1. The van der Waals surface area contributed by atoms with Crippen LogP contribution in [0.25, 0.3) is 0 Å². The number of nitroso groups, excluding NO2 is 1. The monoisotopic (exact) mass is 243 g/mol. The summed E-state index contributed by atoms with van der Waals surface area (Å²) in [6.07, 6.45) is 1.56. The Kier molecular flexibility index (Phi) is 3.52. The number of pyridine rings is 1. The van der Waals surface area contributed by atoms with Gasteiger partial charge in [-0.3, -0.25) is 0 Å². The van der Waals surface area contributed by atoms with Gasteiger partial charge in [-0.1, -0.05) is 23.4 Å². The van der Waals surface area contributed by atoms with Crippen molar-refractivity contribution in [1.29, 1.82) is 0 Å². The van der Waals surface area contributed by atoms with Crippen molar-refractivity contribution in [2.75, 3.05) is 12.8 Å². The highest BCUT2D eigenvalue weighted by molar-refractivity contribution is 5.37. The fraction of sp³-hybridized carbons (Fsp3) is 0.154. The predicted octanol–water partition coefficient (Wildman–Crippen LogP) is 2.53. The number of hydrogen-bond acceptors (Lipinski definition) is 5. The fourth-order valence-electron chi connectivity index (χ4n) is 1.68. The van der Waals surface area contributed by atoms with Crippen molar-refractivity contribution in [3.63, 3.8) is 0 Å². The molecule has 1 heterocycles. The topological polar surface area (TPSA) is 77.6 Å². The Hall–Kier alpha value is -2.43. The second-order valence-corrected chi connectivity index (χ2v) is 3.80. The molecular formula is C13H13N3O2. The molecule has 0 aliphatic rings. The van der Waals surface area contributed by atoms with Gasteiger partial charge in [-0.15, -0.1) is 4.91 Å². The smallest absolute Gasteiger partial charge is 0.143 e. The summed E-state index contributed by atoms with van der Waals surface area (Å²) in [4.78, 5) is 15.0. The van der Waals surface area contributed by atoms with Crippen LogP contribution >= 0.6 is 0 Å². The lowest BCUT2D eigenvalue weighted by Gasteiger charge is -2.10. The lowest BCUT2D eigenvalue weighted by atomic mass is 10.0. The maximum atomic E-state index is 11.0. The molecule has 2 N–H and O–H groups in total. The van der Waals surface area contributed by atoms with Gasteiger partial charge >= 0.3 is 0 Å². The Morgan fingerprint density at radius 1 is 1.17 bits per heavy atom. The zero-order valence-corrected chi connectivity index (χ0v) is 9.91. The number of ether oxygens (including phenoxy) is 1. The van der Waals surface area contributed by atoms with Crippen LogP contribution in [0.2, 0.25) is 0 Å². The first-order chi connectivity index (χ1) is 8.74. The molecule has 0 fully saturated rings. The predicted molar refractivity (Wildman–Crippen MR) is 69.3 cm³/mol. The fourth-order valence-corrected chi connectivity index (χ4v) is 1.68. The molecule has 1 unspecified atom stereocenters. The van der Waals surface area contributed by atoms with Gasteiger partial charge in [0.2, 0.25) is 0 Å². The molecule has 18 heavy (non-hydrogen) atoms. The van der Waals surface area contributed by atoms with Crippen LogP contribution < -0.4 is 10.5 Å². The van der Waals surface area contributed by atoms with Crippen LogP contribution in [0.15, 0.2) is 47.8 Å². The average molecular weight is 243 g/mol. The van der Waals surface area contributed by atoms with E-state index in [-0.39, 0.29) is 0 Å². The van der Waals surface area contributed by atoms with E-state index >= 15 is 0 Å². The van der Waals surface area contributed by atoms with Gasteiger partial charge < -0.3 is 10.5 Å². The molecule has 0 bridgehead atoms. The van der Waals surface area contributed by atoms with Gasteiger partial charge in [0, 0.05) is 11.8 Å². The molecule has 0 aliphatic carbocycles. The minimum absolute atomic E-state index is 0.415. The van der Waals surface area contributed by atoms with Gasteiger partial charge in [-0.25, -0.2) is 4.98 Å². The quantitative estimate of drug-likeness (QED) is 0.837. The molecule has 5 nitrogen and oxygen atoms in total. The Morgan fingerprint density at radius 3 is 2.33 bits per heavy atom. The van der Waals surface area contributed by atoms with E-state index in [0.717, 1.165) is 11.3 Å². The molecule has 0 aliphatic heterocycles. The largest absolute Gasteiger partial charge is 0.497 e. The summed E-state index contributed by atoms with van der Waals surface area (Å²) >= 11 is 0. The maximum Gasteiger partial charge on any atom is 0.143 e. The third-order valence-corrected chi connectivity index (χ3v) is 2.66. The number of nitrogens with two attached hydrogens (primary N) is 1. The Morgan fingerprint density at radius 2 is 1.83 bits per heavy atom. The molecule has 0 spiro atoms. The van der Waals surface area contributed by atoms with E-state index in [9.17, 15) is 4.91 Å². The summed E-state index contributed by atoms with van der Waals surface area (Å²) < 4.78 is 5.07. The molecule has 0 saturated carbocycles. The zero-order valence-electron chi connectivity index (χ0n) is 9.91. The standard InChI is InChI=1S/C13H13N3O2/c1-18-11-5-2-9(3-6-11)13(16-17)10-4-7-12(14)15-8-10/h2-8,13H,1H3,(H2,14,15). The first-order valence-corrected chi connectivity index (χ1v) is 5.42. The molecular weight excluding hydrogens is 230 g/mol. The van der Waals surface area contributed by atoms with E-state index in [1.54, 1.807) is 49.7 Å². The molecule has 1 aromatic heterocycles. The van der Waals surface area contributed by atoms with Crippen molar-refractivity contribution in [3.05, 3.63) is 58.6 Å². The van der Waals surface area contributed by atoms with Crippen molar-refractivity contribution < 1.29 is 4.74 Å². The van der Waals surface area contributed by atoms with E-state index in [0.29, 0.717) is 11.4 Å². The van der Waals surface area contributed by atoms with Crippen LogP contribution in [0.5, 0.6) is 5.75 Å². The van der Waals surface area contributed by atoms with Crippen LogP contribution in [-0.2, 0) is 0 Å². The first-order valence-electron chi connectivity index (χ1n) is 5.42. The van der Waals surface area contributed by atoms with E-state index in [1.807, 2.05) is 0 Å². The molecule has 2 aromatic rings. The van der Waals surface area contributed by atoms with Gasteiger partial charge in [0.1, 0.15) is 17.6 Å². The second kappa shape index (κ2) is 5.27. The highest BCUT2D eigenvalue weighted by atomic mass is 16.5. The second-order valence-electron chi connectivity index (χ2n) is 3.80. The summed E-state index contributed by atoms with van der Waals surface area (Å²) in [5.41, 5.74) is 7.01. The van der Waals surface area contributed by atoms with Crippen LogP contribution in [0.1, 0.15) is 17.2 Å². The van der Waals surface area contributed by atoms with Gasteiger partial charge in [0.15, 0.2) is 0 Å². The summed E-state index contributed by atoms with van der Waals surface area (Å²) in [5.74, 6) is 1.15. The highest BCUT2D eigenvalue weighted by Crippen LogP contribution is 2.27. The number of benzene rings is 1. The molecule has 92 valence electrons. The molecule has 1 aromatic carbocycles. The number of aromatic nitrogens is 1. The van der Waals surface area contributed by atoms with E-state index < -0.39 is 6.04 Å². The molecule has 5 heteroatoms. The lowest BCUT2D eigenvalue weighted by Crippen LogP contribution is -1.99. The molecule has 0 saturated heterocycles. The number of nitrogen functional groups attached to an aromatic ring is 1. The maximum absolute atomic E-state index is 11.0. The third-order valence-electron chi connectivity index (χ3n) is 2.66. The molecule has 1 atom stereocenters. The van der Waals surface area contributed by atoms with E-state index in [1.165, 1.54) is 0 Å². The van der Waals surface area contributed by atoms with Crippen LogP contribution in [0.4, 0.5) is 5.82 Å². The minimum Gasteiger partial charge on any atom is -0.497 e. The van der Waals surface area contributed by atoms with Crippen LogP contribution in [0, 0.1) is 4.91 Å². The number of anilines is 1. The zero-order chi connectivity index (χ0) is 13.0. The van der Waals surface area contributed by atoms with Gasteiger partial charge in [-0.05, 0) is 23.8 Å². The number of nitrogens with zero attached hydrogens (tertiary/aromatic N) is 2. The summed E-state index contributed by atoms with van der Waals surface area (Å²) in [6.45, 7) is 0. The molecule has 2 rings (SSSR count). The van der Waals surface area contributed by atoms with E-state index in [2.05, 4.69) is 10.2 Å². The molecule has 0 radical (unpaired) electrons. The molecule has 0 amide bonds.